The number of aromatic amines is 1. The number of aromatic nitrogens is 4. The topological polar surface area (TPSA) is 97.0 Å². The molecule has 0 unspecified atom stereocenters. The number of hydrogen-bond donors (Lipinski definition) is 1. The van der Waals surface area contributed by atoms with Crippen LogP contribution in [-0.2, 0) is 17.6 Å². The maximum absolute atomic E-state index is 14.2. The van der Waals surface area contributed by atoms with E-state index in [1.54, 1.807) is 25.1 Å². The van der Waals surface area contributed by atoms with Gasteiger partial charge in [-0.25, -0.2) is 18.9 Å². The number of nitrogens with zero attached hydrogens (tertiary/aromatic N) is 4. The minimum Gasteiger partial charge on any atom is -0.361 e. The van der Waals surface area contributed by atoms with Crippen molar-refractivity contribution in [3.05, 3.63) is 63.4 Å². The molecule has 3 aromatic rings. The SMILES string of the molecule is Cc1noc(C)c1CC(=O)N1CCC[C@H](Cc2n[nH]c(=O)n2-c2ccccc2F)C1. The van der Waals surface area contributed by atoms with E-state index in [9.17, 15) is 14.0 Å². The van der Waals surface area contributed by atoms with Crippen molar-refractivity contribution in [1.82, 2.24) is 24.8 Å². The second kappa shape index (κ2) is 8.25. The van der Waals surface area contributed by atoms with E-state index in [-0.39, 0.29) is 23.9 Å². The Bertz CT molecular complexity index is 1100. The monoisotopic (exact) mass is 413 g/mol. The number of hydrogen-bond acceptors (Lipinski definition) is 5. The van der Waals surface area contributed by atoms with Gasteiger partial charge in [0.15, 0.2) is 0 Å². The van der Waals surface area contributed by atoms with Gasteiger partial charge in [0.2, 0.25) is 5.91 Å². The van der Waals surface area contributed by atoms with Crippen LogP contribution in [0.2, 0.25) is 0 Å². The van der Waals surface area contributed by atoms with Gasteiger partial charge in [-0.05, 0) is 44.7 Å². The predicted molar refractivity (Wildman–Crippen MR) is 107 cm³/mol. The van der Waals surface area contributed by atoms with Gasteiger partial charge < -0.3 is 9.42 Å². The van der Waals surface area contributed by atoms with E-state index in [0.717, 1.165) is 24.1 Å². The molecule has 0 bridgehead atoms. The number of halogens is 1. The molecule has 1 fully saturated rings. The molecule has 1 aliphatic heterocycles. The molecule has 3 heterocycles. The van der Waals surface area contributed by atoms with Crippen molar-refractivity contribution in [2.75, 3.05) is 13.1 Å². The Balaban J connectivity index is 1.48. The Hall–Kier alpha value is -3.23. The Morgan fingerprint density at radius 1 is 1.33 bits per heavy atom. The van der Waals surface area contributed by atoms with Crippen LogP contribution in [0, 0.1) is 25.6 Å². The molecule has 30 heavy (non-hydrogen) atoms. The van der Waals surface area contributed by atoms with Gasteiger partial charge in [-0.3, -0.25) is 4.79 Å². The number of H-pyrrole nitrogens is 1. The van der Waals surface area contributed by atoms with Gasteiger partial charge in [-0.15, -0.1) is 0 Å². The molecule has 1 N–H and O–H groups in total. The molecule has 0 saturated carbocycles. The van der Waals surface area contributed by atoms with Crippen molar-refractivity contribution in [3.63, 3.8) is 0 Å². The van der Waals surface area contributed by atoms with Crippen LogP contribution in [0.1, 0.15) is 35.7 Å². The molecule has 0 spiro atoms. The number of para-hydroxylation sites is 1. The molecule has 158 valence electrons. The van der Waals surface area contributed by atoms with Crippen LogP contribution in [0.5, 0.6) is 0 Å². The first kappa shape index (κ1) is 20.1. The van der Waals surface area contributed by atoms with Crippen LogP contribution in [0.4, 0.5) is 4.39 Å². The summed E-state index contributed by atoms with van der Waals surface area (Å²) < 4.78 is 20.7. The standard InChI is InChI=1S/C21H24FN5O3/c1-13-16(14(2)30-25-13)11-20(28)26-9-5-6-15(12-26)10-19-23-24-21(29)27(19)18-8-4-3-7-17(18)22/h3-4,7-8,15H,5-6,9-12H2,1-2H3,(H,24,29)/t15-/m1/s1. The Labute approximate surface area is 172 Å². The maximum Gasteiger partial charge on any atom is 0.348 e. The summed E-state index contributed by atoms with van der Waals surface area (Å²) in [6, 6.07) is 6.12. The van der Waals surface area contributed by atoms with Crippen molar-refractivity contribution in [3.8, 4) is 5.69 Å². The lowest BCUT2D eigenvalue weighted by atomic mass is 9.94. The van der Waals surface area contributed by atoms with Crippen LogP contribution in [-0.4, -0.2) is 43.8 Å². The first-order valence-corrected chi connectivity index (χ1v) is 10.0. The molecule has 8 nitrogen and oxygen atoms in total. The van der Waals surface area contributed by atoms with Gasteiger partial charge in [0, 0.05) is 25.1 Å². The summed E-state index contributed by atoms with van der Waals surface area (Å²) in [6.07, 6.45) is 2.51. The van der Waals surface area contributed by atoms with Crippen LogP contribution < -0.4 is 5.69 Å². The quantitative estimate of drug-likeness (QED) is 0.692. The molecule has 1 amide bonds. The lowest BCUT2D eigenvalue weighted by Gasteiger charge is -2.32. The number of likely N-dealkylation sites (tertiary alicyclic amines) is 1. The molecule has 1 aromatic carbocycles. The van der Waals surface area contributed by atoms with Gasteiger partial charge in [0.25, 0.3) is 0 Å². The van der Waals surface area contributed by atoms with Crippen molar-refractivity contribution in [1.29, 1.82) is 0 Å². The van der Waals surface area contributed by atoms with Crippen molar-refractivity contribution >= 4 is 5.91 Å². The minimum atomic E-state index is -0.484. The number of carbonyl (C=O) groups is 1. The fourth-order valence-corrected chi connectivity index (χ4v) is 4.08. The second-order valence-corrected chi connectivity index (χ2v) is 7.76. The smallest absolute Gasteiger partial charge is 0.348 e. The largest absolute Gasteiger partial charge is 0.361 e. The average Bonchev–Trinajstić information content (AvgIpc) is 3.25. The number of piperidine rings is 1. The summed E-state index contributed by atoms with van der Waals surface area (Å²) in [7, 11) is 0. The van der Waals surface area contributed by atoms with E-state index in [0.29, 0.717) is 31.1 Å². The third-order valence-corrected chi connectivity index (χ3v) is 5.69. The second-order valence-electron chi connectivity index (χ2n) is 7.76. The van der Waals surface area contributed by atoms with E-state index in [1.807, 2.05) is 11.8 Å². The molecule has 9 heteroatoms. The number of amides is 1. The summed E-state index contributed by atoms with van der Waals surface area (Å²) in [4.78, 5) is 26.9. The number of nitrogens with one attached hydrogen (secondary N) is 1. The van der Waals surface area contributed by atoms with Crippen LogP contribution >= 0.6 is 0 Å². The zero-order chi connectivity index (χ0) is 21.3. The molecule has 1 aliphatic rings. The predicted octanol–water partition coefficient (Wildman–Crippen LogP) is 2.33. The first-order chi connectivity index (χ1) is 14.4. The van der Waals surface area contributed by atoms with Crippen molar-refractivity contribution in [2.45, 2.75) is 39.5 Å². The van der Waals surface area contributed by atoms with E-state index >= 15 is 0 Å². The summed E-state index contributed by atoms with van der Waals surface area (Å²) >= 11 is 0. The zero-order valence-corrected chi connectivity index (χ0v) is 17.0. The highest BCUT2D eigenvalue weighted by Crippen LogP contribution is 2.23. The summed E-state index contributed by atoms with van der Waals surface area (Å²) in [5.74, 6) is 0.813. The van der Waals surface area contributed by atoms with E-state index in [2.05, 4.69) is 15.4 Å². The Morgan fingerprint density at radius 3 is 2.87 bits per heavy atom. The molecule has 0 radical (unpaired) electrons. The molecular weight excluding hydrogens is 389 g/mol. The Morgan fingerprint density at radius 2 is 2.13 bits per heavy atom. The summed E-state index contributed by atoms with van der Waals surface area (Å²) in [5, 5.41) is 10.5. The van der Waals surface area contributed by atoms with Crippen molar-refractivity contribution in [2.24, 2.45) is 5.92 Å². The fourth-order valence-electron chi connectivity index (χ4n) is 4.08. The maximum atomic E-state index is 14.2. The molecule has 1 atom stereocenters. The van der Waals surface area contributed by atoms with Crippen LogP contribution in [0.3, 0.4) is 0 Å². The third kappa shape index (κ3) is 3.92. The average molecular weight is 413 g/mol. The van der Waals surface area contributed by atoms with Gasteiger partial charge in [0.1, 0.15) is 17.4 Å². The molecule has 1 saturated heterocycles. The number of aryl methyl sites for hydroxylation is 2. The normalized spacial score (nSPS) is 16.8. The summed E-state index contributed by atoms with van der Waals surface area (Å²) in [5.41, 5.74) is 1.27. The molecule has 4 rings (SSSR count). The van der Waals surface area contributed by atoms with Gasteiger partial charge in [-0.1, -0.05) is 17.3 Å². The molecule has 2 aromatic heterocycles. The van der Waals surface area contributed by atoms with E-state index in [4.69, 9.17) is 4.52 Å². The third-order valence-electron chi connectivity index (χ3n) is 5.69. The molecule has 0 aliphatic carbocycles. The highest BCUT2D eigenvalue weighted by atomic mass is 19.1. The van der Waals surface area contributed by atoms with E-state index in [1.165, 1.54) is 10.6 Å². The molecular formula is C21H24FN5O3. The number of carbonyl (C=O) groups excluding carboxylic acids is 1. The lowest BCUT2D eigenvalue weighted by Crippen LogP contribution is -2.41. The van der Waals surface area contributed by atoms with Gasteiger partial charge in [0.05, 0.1) is 17.8 Å². The summed E-state index contributed by atoms with van der Waals surface area (Å²) in [6.45, 7) is 4.90. The van der Waals surface area contributed by atoms with Gasteiger partial charge >= 0.3 is 5.69 Å². The lowest BCUT2D eigenvalue weighted by molar-refractivity contribution is -0.132. The number of rotatable bonds is 5. The van der Waals surface area contributed by atoms with Crippen LogP contribution in [0.15, 0.2) is 33.6 Å². The minimum absolute atomic E-state index is 0.0302. The van der Waals surface area contributed by atoms with Crippen molar-refractivity contribution < 1.29 is 13.7 Å². The first-order valence-electron chi connectivity index (χ1n) is 10.0. The zero-order valence-electron chi connectivity index (χ0n) is 17.0. The van der Waals surface area contributed by atoms with Crippen LogP contribution in [0.25, 0.3) is 5.69 Å². The highest BCUT2D eigenvalue weighted by Gasteiger charge is 2.27. The number of benzene rings is 1. The van der Waals surface area contributed by atoms with Gasteiger partial charge in [-0.2, -0.15) is 5.10 Å². The van der Waals surface area contributed by atoms with E-state index < -0.39 is 11.5 Å². The Kier molecular flexibility index (Phi) is 5.52. The fraction of sp³-hybridized carbons (Fsp3) is 0.429. The highest BCUT2D eigenvalue weighted by molar-refractivity contribution is 5.79.